The zero-order valence-corrected chi connectivity index (χ0v) is 14.2. The van der Waals surface area contributed by atoms with Gasteiger partial charge in [-0.3, -0.25) is 9.59 Å². The lowest BCUT2D eigenvalue weighted by molar-refractivity contribution is -0.139. The lowest BCUT2D eigenvalue weighted by Gasteiger charge is -2.28. The van der Waals surface area contributed by atoms with Crippen molar-refractivity contribution in [3.05, 3.63) is 64.7 Å². The second-order valence-electron chi connectivity index (χ2n) is 5.93. The molecule has 3 rings (SSSR count). The maximum atomic E-state index is 12.8. The summed E-state index contributed by atoms with van der Waals surface area (Å²) in [5.74, 6) is -1.67. The normalized spacial score (nSPS) is 20.8. The van der Waals surface area contributed by atoms with Crippen molar-refractivity contribution in [1.82, 2.24) is 0 Å². The van der Waals surface area contributed by atoms with E-state index in [2.05, 4.69) is 0 Å². The summed E-state index contributed by atoms with van der Waals surface area (Å²) in [7, 11) is 0. The van der Waals surface area contributed by atoms with Gasteiger partial charge in [0.05, 0.1) is 11.6 Å². The standard InChI is InChI=1S/C19H18ClNO3/c1-3-21-16-7-5-4-6-15(16)19(24,18(21)23)12(2)17(22)13-8-10-14(20)11-9-13/h4-12,24H,3H2,1-2H3/t12-,19-/m1/s1. The van der Waals surface area contributed by atoms with Crippen LogP contribution in [0.25, 0.3) is 0 Å². The number of aliphatic hydroxyl groups is 1. The van der Waals surface area contributed by atoms with E-state index in [9.17, 15) is 14.7 Å². The number of carbonyl (C=O) groups is 2. The number of carbonyl (C=O) groups excluding carboxylic acids is 2. The van der Waals surface area contributed by atoms with Crippen molar-refractivity contribution in [2.75, 3.05) is 11.4 Å². The number of fused-ring (bicyclic) bond motifs is 1. The molecule has 1 aliphatic heterocycles. The van der Waals surface area contributed by atoms with Crippen LogP contribution in [0.3, 0.4) is 0 Å². The summed E-state index contributed by atoms with van der Waals surface area (Å²) < 4.78 is 0. The number of amides is 1. The van der Waals surface area contributed by atoms with E-state index >= 15 is 0 Å². The van der Waals surface area contributed by atoms with Crippen LogP contribution in [0, 0.1) is 5.92 Å². The van der Waals surface area contributed by atoms with Gasteiger partial charge in [-0.25, -0.2) is 0 Å². The fourth-order valence-electron chi connectivity index (χ4n) is 3.25. The SMILES string of the molecule is CCN1C(=O)[C@@](O)([C@H](C)C(=O)c2ccc(Cl)cc2)c2ccccc21. The summed E-state index contributed by atoms with van der Waals surface area (Å²) >= 11 is 5.86. The summed E-state index contributed by atoms with van der Waals surface area (Å²) in [6, 6.07) is 13.5. The molecule has 2 atom stereocenters. The molecule has 24 heavy (non-hydrogen) atoms. The highest BCUT2D eigenvalue weighted by Gasteiger charge is 2.54. The summed E-state index contributed by atoms with van der Waals surface area (Å²) in [6.07, 6.45) is 0. The van der Waals surface area contributed by atoms with Gasteiger partial charge in [0.15, 0.2) is 11.4 Å². The largest absolute Gasteiger partial charge is 0.375 e. The van der Waals surface area contributed by atoms with Crippen molar-refractivity contribution >= 4 is 29.0 Å². The van der Waals surface area contributed by atoms with Gasteiger partial charge >= 0.3 is 0 Å². The number of nitrogens with zero attached hydrogens (tertiary/aromatic N) is 1. The Kier molecular flexibility index (Phi) is 4.20. The molecule has 0 aromatic heterocycles. The first-order valence-corrected chi connectivity index (χ1v) is 8.22. The van der Waals surface area contributed by atoms with Gasteiger partial charge in [-0.15, -0.1) is 0 Å². The van der Waals surface area contributed by atoms with E-state index in [-0.39, 0.29) is 5.78 Å². The second-order valence-corrected chi connectivity index (χ2v) is 6.36. The van der Waals surface area contributed by atoms with Crippen molar-refractivity contribution in [1.29, 1.82) is 0 Å². The van der Waals surface area contributed by atoms with E-state index in [1.807, 2.05) is 13.0 Å². The van der Waals surface area contributed by atoms with E-state index in [1.165, 1.54) is 4.90 Å². The van der Waals surface area contributed by atoms with Crippen LogP contribution in [0.4, 0.5) is 5.69 Å². The minimum atomic E-state index is -1.86. The molecule has 0 bridgehead atoms. The highest BCUT2D eigenvalue weighted by atomic mass is 35.5. The van der Waals surface area contributed by atoms with Crippen molar-refractivity contribution in [3.8, 4) is 0 Å². The minimum Gasteiger partial charge on any atom is -0.375 e. The Hall–Kier alpha value is -2.17. The molecule has 0 spiro atoms. The third-order valence-electron chi connectivity index (χ3n) is 4.64. The quantitative estimate of drug-likeness (QED) is 0.865. The van der Waals surface area contributed by atoms with E-state index in [1.54, 1.807) is 49.4 Å². The predicted octanol–water partition coefficient (Wildman–Crippen LogP) is 3.41. The van der Waals surface area contributed by atoms with Gasteiger partial charge in [-0.05, 0) is 37.3 Å². The Morgan fingerprint density at radius 1 is 1.21 bits per heavy atom. The molecule has 1 heterocycles. The second kappa shape index (κ2) is 6.04. The van der Waals surface area contributed by atoms with Crippen LogP contribution in [-0.4, -0.2) is 23.3 Å². The van der Waals surface area contributed by atoms with E-state index in [0.717, 1.165) is 0 Å². The zero-order valence-electron chi connectivity index (χ0n) is 13.5. The summed E-state index contributed by atoms with van der Waals surface area (Å²) in [5, 5.41) is 11.8. The first kappa shape index (κ1) is 16.7. The average molecular weight is 344 g/mol. The number of rotatable bonds is 4. The number of benzene rings is 2. The minimum absolute atomic E-state index is 0.296. The number of halogens is 1. The third kappa shape index (κ3) is 2.34. The molecule has 0 saturated heterocycles. The van der Waals surface area contributed by atoms with Crippen molar-refractivity contribution in [2.24, 2.45) is 5.92 Å². The maximum Gasteiger partial charge on any atom is 0.264 e. The number of anilines is 1. The molecule has 1 aliphatic rings. The van der Waals surface area contributed by atoms with Crippen LogP contribution < -0.4 is 4.90 Å². The Morgan fingerprint density at radius 2 is 1.83 bits per heavy atom. The van der Waals surface area contributed by atoms with Gasteiger partial charge in [0.2, 0.25) is 0 Å². The van der Waals surface area contributed by atoms with Crippen molar-refractivity contribution in [3.63, 3.8) is 0 Å². The van der Waals surface area contributed by atoms with Gasteiger partial charge in [0, 0.05) is 22.7 Å². The monoisotopic (exact) mass is 343 g/mol. The summed E-state index contributed by atoms with van der Waals surface area (Å²) in [6.45, 7) is 3.86. The van der Waals surface area contributed by atoms with Gasteiger partial charge in [-0.1, -0.05) is 36.7 Å². The predicted molar refractivity (Wildman–Crippen MR) is 93.3 cm³/mol. The molecule has 0 fully saturated rings. The van der Waals surface area contributed by atoms with Crippen molar-refractivity contribution in [2.45, 2.75) is 19.4 Å². The molecule has 0 saturated carbocycles. The fraction of sp³-hybridized carbons (Fsp3) is 0.263. The molecule has 124 valence electrons. The zero-order chi connectivity index (χ0) is 17.5. The molecule has 0 radical (unpaired) electrons. The first-order valence-electron chi connectivity index (χ1n) is 7.84. The van der Waals surface area contributed by atoms with Crippen LogP contribution in [0.1, 0.15) is 29.8 Å². The molecule has 1 amide bonds. The highest BCUT2D eigenvalue weighted by molar-refractivity contribution is 6.30. The van der Waals surface area contributed by atoms with Gasteiger partial charge in [0.1, 0.15) is 0 Å². The Labute approximate surface area is 145 Å². The molecule has 2 aromatic carbocycles. The first-order chi connectivity index (χ1) is 11.4. The molecule has 4 nitrogen and oxygen atoms in total. The molecular formula is C19H18ClNO3. The molecular weight excluding hydrogens is 326 g/mol. The average Bonchev–Trinajstić information content (AvgIpc) is 2.83. The van der Waals surface area contributed by atoms with E-state index in [4.69, 9.17) is 11.6 Å². The number of hydrogen-bond acceptors (Lipinski definition) is 3. The van der Waals surface area contributed by atoms with Crippen LogP contribution in [0.2, 0.25) is 5.02 Å². The lowest BCUT2D eigenvalue weighted by Crippen LogP contribution is -2.47. The number of ketones is 1. The number of para-hydroxylation sites is 1. The number of hydrogen-bond donors (Lipinski definition) is 1. The fourth-order valence-corrected chi connectivity index (χ4v) is 3.37. The van der Waals surface area contributed by atoms with Gasteiger partial charge in [-0.2, -0.15) is 0 Å². The third-order valence-corrected chi connectivity index (χ3v) is 4.89. The topological polar surface area (TPSA) is 57.6 Å². The molecule has 2 aromatic rings. The van der Waals surface area contributed by atoms with Crippen LogP contribution in [0.5, 0.6) is 0 Å². The molecule has 0 aliphatic carbocycles. The Balaban J connectivity index is 2.05. The number of likely N-dealkylation sites (N-methyl/N-ethyl adjacent to an activating group) is 1. The van der Waals surface area contributed by atoms with Gasteiger partial charge in [0.25, 0.3) is 5.91 Å². The molecule has 5 heteroatoms. The smallest absolute Gasteiger partial charge is 0.264 e. The molecule has 1 N–H and O–H groups in total. The summed E-state index contributed by atoms with van der Waals surface area (Å²) in [4.78, 5) is 27.2. The van der Waals surface area contributed by atoms with E-state index in [0.29, 0.717) is 28.4 Å². The molecule has 0 unspecified atom stereocenters. The maximum absolute atomic E-state index is 12.8. The van der Waals surface area contributed by atoms with Crippen LogP contribution >= 0.6 is 11.6 Å². The van der Waals surface area contributed by atoms with E-state index < -0.39 is 17.4 Å². The highest BCUT2D eigenvalue weighted by Crippen LogP contribution is 2.45. The Bertz CT molecular complexity index is 803. The number of Topliss-reactive ketones (excluding diaryl/α,β-unsaturated/α-hetero) is 1. The lowest BCUT2D eigenvalue weighted by atomic mass is 9.79. The Morgan fingerprint density at radius 3 is 2.46 bits per heavy atom. The van der Waals surface area contributed by atoms with Crippen LogP contribution in [0.15, 0.2) is 48.5 Å². The summed E-state index contributed by atoms with van der Waals surface area (Å²) in [5.41, 5.74) is -0.306. The van der Waals surface area contributed by atoms with Gasteiger partial charge < -0.3 is 10.0 Å². The van der Waals surface area contributed by atoms with Crippen molar-refractivity contribution < 1.29 is 14.7 Å². The van der Waals surface area contributed by atoms with Crippen LogP contribution in [-0.2, 0) is 10.4 Å².